The van der Waals surface area contributed by atoms with Crippen LogP contribution in [-0.4, -0.2) is 6.61 Å². The van der Waals surface area contributed by atoms with E-state index >= 15 is 0 Å². The molecule has 1 N–H and O–H groups in total. The third kappa shape index (κ3) is 2.45. The zero-order valence-corrected chi connectivity index (χ0v) is 7.85. The highest BCUT2D eigenvalue weighted by Crippen LogP contribution is 2.30. The van der Waals surface area contributed by atoms with Gasteiger partial charge in [0, 0.05) is 16.2 Å². The second-order valence-corrected chi connectivity index (χ2v) is 2.89. The minimum Gasteiger partial charge on any atom is -0.433 e. The average Bonchev–Trinajstić information content (AvgIpc) is 2.08. The first-order chi connectivity index (χ1) is 6.15. The Balaban J connectivity index is 3.01. The van der Waals surface area contributed by atoms with Crippen molar-refractivity contribution >= 4 is 21.6 Å². The number of nitroso groups, excluding NO2 is 1. The Kier molecular flexibility index (Phi) is 3.30. The minimum absolute atomic E-state index is 0.0733. The van der Waals surface area contributed by atoms with E-state index < -0.39 is 6.61 Å². The lowest BCUT2D eigenvalue weighted by atomic mass is 10.3. The molecule has 1 aromatic rings. The molecule has 0 aromatic heterocycles. The smallest absolute Gasteiger partial charge is 0.387 e. The molecule has 0 spiro atoms. The highest BCUT2D eigenvalue weighted by Gasteiger charge is 2.14. The fourth-order valence-electron chi connectivity index (χ4n) is 0.777. The van der Waals surface area contributed by atoms with E-state index in [-0.39, 0.29) is 15.9 Å². The van der Waals surface area contributed by atoms with Crippen molar-refractivity contribution in [3.05, 3.63) is 27.6 Å². The first kappa shape index (κ1) is 10.0. The summed E-state index contributed by atoms with van der Waals surface area (Å²) in [5.41, 5.74) is 0.151. The molecular formula is C7H5BrF2NO2+. The lowest BCUT2D eigenvalue weighted by Crippen LogP contribution is -2.55. The van der Waals surface area contributed by atoms with Crippen molar-refractivity contribution in [1.82, 2.24) is 0 Å². The van der Waals surface area contributed by atoms with Crippen LogP contribution >= 0.6 is 15.9 Å². The molecule has 0 bridgehead atoms. The molecule has 0 radical (unpaired) electrons. The molecule has 0 aliphatic heterocycles. The molecule has 1 rings (SSSR count). The van der Waals surface area contributed by atoms with Crippen LogP contribution in [-0.2, 0) is 0 Å². The van der Waals surface area contributed by atoms with E-state index in [9.17, 15) is 13.7 Å². The van der Waals surface area contributed by atoms with E-state index in [0.29, 0.717) is 0 Å². The lowest BCUT2D eigenvalue weighted by Gasteiger charge is -2.04. The van der Waals surface area contributed by atoms with Gasteiger partial charge in [-0.25, -0.2) is 0 Å². The van der Waals surface area contributed by atoms with Gasteiger partial charge in [-0.15, -0.1) is 0 Å². The van der Waals surface area contributed by atoms with E-state index in [4.69, 9.17) is 0 Å². The molecular weight excluding hydrogens is 248 g/mol. The van der Waals surface area contributed by atoms with Gasteiger partial charge in [0.25, 0.3) is 5.69 Å². The van der Waals surface area contributed by atoms with E-state index in [1.54, 1.807) is 5.18 Å². The summed E-state index contributed by atoms with van der Waals surface area (Å²) in [6.45, 7) is -2.90. The van der Waals surface area contributed by atoms with Gasteiger partial charge < -0.3 is 4.74 Å². The van der Waals surface area contributed by atoms with Crippen molar-refractivity contribution in [3.63, 3.8) is 0 Å². The molecule has 0 fully saturated rings. The first-order valence-electron chi connectivity index (χ1n) is 3.26. The molecule has 13 heavy (non-hydrogen) atoms. The van der Waals surface area contributed by atoms with Crippen LogP contribution in [0.2, 0.25) is 0 Å². The number of alkyl halides is 2. The normalized spacial score (nSPS) is 10.2. The van der Waals surface area contributed by atoms with Crippen molar-refractivity contribution in [2.45, 2.75) is 6.61 Å². The van der Waals surface area contributed by atoms with Crippen LogP contribution in [0.3, 0.4) is 0 Å². The van der Waals surface area contributed by atoms with Crippen LogP contribution in [0.15, 0.2) is 22.7 Å². The molecule has 0 unspecified atom stereocenters. The molecule has 0 amide bonds. The molecule has 70 valence electrons. The SMILES string of the molecule is O=[NH+]c1cccc(OC(F)F)c1Br. The number of ether oxygens (including phenoxy) is 1. The Morgan fingerprint density at radius 3 is 2.69 bits per heavy atom. The molecule has 0 heterocycles. The molecule has 1 aromatic carbocycles. The van der Waals surface area contributed by atoms with Crippen molar-refractivity contribution in [2.75, 3.05) is 0 Å². The average molecular weight is 253 g/mol. The summed E-state index contributed by atoms with van der Waals surface area (Å²) in [5.74, 6) is -0.0733. The third-order valence-corrected chi connectivity index (χ3v) is 2.11. The van der Waals surface area contributed by atoms with Crippen LogP contribution in [0.1, 0.15) is 0 Å². The van der Waals surface area contributed by atoms with E-state index in [2.05, 4.69) is 20.7 Å². The highest BCUT2D eigenvalue weighted by atomic mass is 79.9. The van der Waals surface area contributed by atoms with E-state index in [1.165, 1.54) is 18.2 Å². The number of hydrogen-bond acceptors (Lipinski definition) is 2. The Labute approximate surface area is 80.8 Å². The fourth-order valence-corrected chi connectivity index (χ4v) is 1.22. The quantitative estimate of drug-likeness (QED) is 0.887. The van der Waals surface area contributed by atoms with Gasteiger partial charge in [0.1, 0.15) is 10.2 Å². The summed E-state index contributed by atoms with van der Waals surface area (Å²) in [7, 11) is 0. The summed E-state index contributed by atoms with van der Waals surface area (Å²) in [6.07, 6.45) is 0. The summed E-state index contributed by atoms with van der Waals surface area (Å²) in [4.78, 5) is 10.3. The van der Waals surface area contributed by atoms with Gasteiger partial charge in [-0.3, -0.25) is 0 Å². The van der Waals surface area contributed by atoms with Gasteiger partial charge in [0.15, 0.2) is 0 Å². The zero-order valence-electron chi connectivity index (χ0n) is 6.26. The van der Waals surface area contributed by atoms with Crippen molar-refractivity contribution in [3.8, 4) is 5.75 Å². The summed E-state index contributed by atoms with van der Waals surface area (Å²) >= 11 is 2.95. The maximum Gasteiger partial charge on any atom is 0.387 e. The Hall–Kier alpha value is -1.04. The number of hydrogen-bond donors (Lipinski definition) is 1. The lowest BCUT2D eigenvalue weighted by molar-refractivity contribution is -0.380. The minimum atomic E-state index is -2.90. The Morgan fingerprint density at radius 2 is 2.15 bits per heavy atom. The molecule has 0 aliphatic rings. The number of benzene rings is 1. The standard InChI is InChI=1S/C7H4BrF2NO2/c8-6-4(11-12)2-1-3-5(6)13-7(9)10/h1-3,7H/p+1. The molecule has 6 heteroatoms. The van der Waals surface area contributed by atoms with E-state index in [0.717, 1.165) is 0 Å². The largest absolute Gasteiger partial charge is 0.433 e. The molecule has 0 saturated heterocycles. The predicted molar refractivity (Wildman–Crippen MR) is 44.8 cm³/mol. The zero-order chi connectivity index (χ0) is 9.84. The van der Waals surface area contributed by atoms with Gasteiger partial charge in [-0.2, -0.15) is 8.78 Å². The fraction of sp³-hybridized carbons (Fsp3) is 0.143. The summed E-state index contributed by atoms with van der Waals surface area (Å²) in [5, 5.41) is 1.59. The van der Waals surface area contributed by atoms with Crippen LogP contribution in [0, 0.1) is 4.91 Å². The summed E-state index contributed by atoms with van der Waals surface area (Å²) in [6, 6.07) is 4.20. The van der Waals surface area contributed by atoms with Crippen molar-refractivity contribution in [1.29, 1.82) is 0 Å². The van der Waals surface area contributed by atoms with E-state index in [1.807, 2.05) is 0 Å². The second kappa shape index (κ2) is 4.27. The maximum absolute atomic E-state index is 11.8. The van der Waals surface area contributed by atoms with Gasteiger partial charge >= 0.3 is 6.61 Å². The Bertz CT molecular complexity index is 319. The highest BCUT2D eigenvalue weighted by molar-refractivity contribution is 9.10. The van der Waals surface area contributed by atoms with Crippen LogP contribution < -0.4 is 9.91 Å². The van der Waals surface area contributed by atoms with Crippen LogP contribution in [0.25, 0.3) is 0 Å². The summed E-state index contributed by atoms with van der Waals surface area (Å²) < 4.78 is 27.9. The van der Waals surface area contributed by atoms with Crippen LogP contribution in [0.5, 0.6) is 5.75 Å². The topological polar surface area (TPSA) is 40.3 Å². The number of nitrogens with one attached hydrogen (secondary N) is 1. The molecule has 0 saturated carbocycles. The van der Waals surface area contributed by atoms with Gasteiger partial charge in [-0.1, -0.05) is 6.07 Å². The number of rotatable bonds is 3. The van der Waals surface area contributed by atoms with Crippen molar-refractivity contribution < 1.29 is 18.7 Å². The van der Waals surface area contributed by atoms with Gasteiger partial charge in [-0.05, 0) is 22.0 Å². The second-order valence-electron chi connectivity index (χ2n) is 2.10. The Morgan fingerprint density at radius 1 is 1.46 bits per heavy atom. The molecule has 0 atom stereocenters. The number of halogens is 3. The molecule has 0 aliphatic carbocycles. The third-order valence-electron chi connectivity index (χ3n) is 1.29. The maximum atomic E-state index is 11.8. The first-order valence-corrected chi connectivity index (χ1v) is 4.06. The van der Waals surface area contributed by atoms with Gasteiger partial charge in [0.05, 0.1) is 0 Å². The van der Waals surface area contributed by atoms with Crippen LogP contribution in [0.4, 0.5) is 14.5 Å². The monoisotopic (exact) mass is 252 g/mol. The van der Waals surface area contributed by atoms with Crippen molar-refractivity contribution in [2.24, 2.45) is 0 Å². The van der Waals surface area contributed by atoms with Gasteiger partial charge in [0.2, 0.25) is 0 Å². The molecule has 3 nitrogen and oxygen atoms in total. The predicted octanol–water partition coefficient (Wildman–Crippen LogP) is 1.53.